The smallest absolute Gasteiger partial charge is 0.227 e. The summed E-state index contributed by atoms with van der Waals surface area (Å²) in [6.07, 6.45) is 1.76. The number of aromatic nitrogens is 2. The summed E-state index contributed by atoms with van der Waals surface area (Å²) in [7, 11) is 0. The van der Waals surface area contributed by atoms with Crippen molar-refractivity contribution in [2.75, 3.05) is 0 Å². The van der Waals surface area contributed by atoms with Gasteiger partial charge in [-0.25, -0.2) is 4.98 Å². The molecule has 6 aromatic rings. The molecule has 0 saturated heterocycles. The highest BCUT2D eigenvalue weighted by atomic mass is 16.3. The van der Waals surface area contributed by atoms with Crippen molar-refractivity contribution in [1.29, 1.82) is 0 Å². The first-order valence-corrected chi connectivity index (χ1v) is 9.07. The van der Waals surface area contributed by atoms with Gasteiger partial charge in [0.05, 0.1) is 11.0 Å². The van der Waals surface area contributed by atoms with Crippen LogP contribution in [0.25, 0.3) is 49.6 Å². The normalized spacial score (nSPS) is 11.9. The molecule has 0 bridgehead atoms. The van der Waals surface area contributed by atoms with E-state index in [0.29, 0.717) is 5.71 Å². The summed E-state index contributed by atoms with van der Waals surface area (Å²) in [5.74, 6) is 0. The molecule has 0 N–H and O–H groups in total. The molecular weight excluding hydrogens is 332 g/mol. The quantitative estimate of drug-likeness (QED) is 0.345. The second-order valence-corrected chi connectivity index (χ2v) is 7.01. The van der Waals surface area contributed by atoms with Gasteiger partial charge in [-0.2, -0.15) is 0 Å². The van der Waals surface area contributed by atoms with Crippen molar-refractivity contribution in [2.45, 2.75) is 6.92 Å². The van der Waals surface area contributed by atoms with Gasteiger partial charge in [-0.15, -0.1) is 0 Å². The Morgan fingerprint density at radius 2 is 1.59 bits per heavy atom. The van der Waals surface area contributed by atoms with Crippen LogP contribution in [-0.2, 0) is 0 Å². The Bertz CT molecular complexity index is 1490. The van der Waals surface area contributed by atoms with E-state index in [1.54, 1.807) is 6.20 Å². The summed E-state index contributed by atoms with van der Waals surface area (Å²) >= 11 is 0. The van der Waals surface area contributed by atoms with Crippen LogP contribution >= 0.6 is 0 Å². The van der Waals surface area contributed by atoms with Gasteiger partial charge in [0.1, 0.15) is 5.58 Å². The minimum Gasteiger partial charge on any atom is -0.438 e. The minimum absolute atomic E-state index is 0.683. The van der Waals surface area contributed by atoms with Gasteiger partial charge >= 0.3 is 0 Å². The van der Waals surface area contributed by atoms with Crippen LogP contribution in [0.1, 0.15) is 5.56 Å². The minimum atomic E-state index is 0.683. The van der Waals surface area contributed by atoms with E-state index in [1.165, 1.54) is 27.4 Å². The molecule has 0 aliphatic heterocycles. The Kier molecular flexibility index (Phi) is 2.81. The van der Waals surface area contributed by atoms with Crippen LogP contribution in [0, 0.1) is 6.92 Å². The van der Waals surface area contributed by atoms with Crippen LogP contribution in [0.5, 0.6) is 0 Å². The first-order chi connectivity index (χ1) is 13.3. The fraction of sp³-hybridized carbons (Fsp3) is 0.0417. The van der Waals surface area contributed by atoms with Crippen LogP contribution in [0.15, 0.2) is 83.4 Å². The number of rotatable bonds is 1. The van der Waals surface area contributed by atoms with Gasteiger partial charge in [0.25, 0.3) is 0 Å². The maximum atomic E-state index is 5.90. The molecule has 0 radical (unpaired) electrons. The Balaban J connectivity index is 1.75. The van der Waals surface area contributed by atoms with Crippen LogP contribution in [0.3, 0.4) is 0 Å². The molecule has 0 aliphatic rings. The molecule has 0 fully saturated rings. The molecule has 3 aromatic carbocycles. The molecule has 0 atom stereocenters. The Morgan fingerprint density at radius 3 is 2.56 bits per heavy atom. The highest BCUT2D eigenvalue weighted by Crippen LogP contribution is 2.35. The maximum Gasteiger partial charge on any atom is 0.227 e. The number of para-hydroxylation sites is 1. The molecule has 0 amide bonds. The van der Waals surface area contributed by atoms with E-state index in [0.717, 1.165) is 22.0 Å². The summed E-state index contributed by atoms with van der Waals surface area (Å²) < 4.78 is 8.23. The Hall–Kier alpha value is -3.59. The fourth-order valence-electron chi connectivity index (χ4n) is 4.10. The van der Waals surface area contributed by atoms with Crippen molar-refractivity contribution >= 4 is 43.9 Å². The molecule has 0 spiro atoms. The van der Waals surface area contributed by atoms with Crippen molar-refractivity contribution < 1.29 is 4.42 Å². The molecule has 3 aromatic heterocycles. The molecule has 6 rings (SSSR count). The van der Waals surface area contributed by atoms with Gasteiger partial charge < -0.3 is 8.98 Å². The van der Waals surface area contributed by atoms with Crippen molar-refractivity contribution in [3.8, 4) is 5.69 Å². The largest absolute Gasteiger partial charge is 0.438 e. The van der Waals surface area contributed by atoms with Gasteiger partial charge in [-0.3, -0.25) is 0 Å². The highest BCUT2D eigenvalue weighted by Gasteiger charge is 2.14. The monoisotopic (exact) mass is 348 g/mol. The van der Waals surface area contributed by atoms with Crippen molar-refractivity contribution in [3.63, 3.8) is 0 Å². The van der Waals surface area contributed by atoms with Gasteiger partial charge in [0, 0.05) is 33.4 Å². The van der Waals surface area contributed by atoms with E-state index in [-0.39, 0.29) is 0 Å². The van der Waals surface area contributed by atoms with E-state index in [9.17, 15) is 0 Å². The van der Waals surface area contributed by atoms with E-state index in [2.05, 4.69) is 77.1 Å². The second kappa shape index (κ2) is 5.21. The van der Waals surface area contributed by atoms with E-state index >= 15 is 0 Å². The number of benzene rings is 3. The average Bonchev–Trinajstić information content (AvgIpc) is 3.23. The second-order valence-electron chi connectivity index (χ2n) is 7.01. The van der Waals surface area contributed by atoms with Gasteiger partial charge in [-0.1, -0.05) is 29.8 Å². The fourth-order valence-corrected chi connectivity index (χ4v) is 4.10. The molecule has 3 nitrogen and oxygen atoms in total. The predicted octanol–water partition coefficient (Wildman–Crippen LogP) is 6.39. The number of nitrogens with zero attached hydrogens (tertiary/aromatic N) is 2. The van der Waals surface area contributed by atoms with Crippen LogP contribution in [0.2, 0.25) is 0 Å². The van der Waals surface area contributed by atoms with Crippen LogP contribution in [-0.4, -0.2) is 9.55 Å². The standard InChI is InChI=1S/C24H16N2O/c1-15-8-10-22-19(13-15)17-5-2-3-7-21(17)26(22)16-9-11-23-20(14-16)18-6-4-12-25-24(18)27-23/h2-14H,1H3. The van der Waals surface area contributed by atoms with Crippen molar-refractivity contribution in [3.05, 3.63) is 84.6 Å². The SMILES string of the molecule is Cc1ccc2c(c1)c1ccccc1n2-c1ccc2oc3ncccc3c2c1. The third kappa shape index (κ3) is 1.99. The molecule has 3 heteroatoms. The molecule has 0 aliphatic carbocycles. The molecule has 0 saturated carbocycles. The molecular formula is C24H16N2O. The molecule has 27 heavy (non-hydrogen) atoms. The van der Waals surface area contributed by atoms with Crippen molar-refractivity contribution in [2.24, 2.45) is 0 Å². The van der Waals surface area contributed by atoms with Crippen LogP contribution < -0.4 is 0 Å². The lowest BCUT2D eigenvalue weighted by Gasteiger charge is -2.08. The lowest BCUT2D eigenvalue weighted by molar-refractivity contribution is 0.654. The maximum absolute atomic E-state index is 5.90. The average molecular weight is 348 g/mol. The first kappa shape index (κ1) is 14.6. The zero-order chi connectivity index (χ0) is 18.0. The van der Waals surface area contributed by atoms with E-state index in [4.69, 9.17) is 4.42 Å². The topological polar surface area (TPSA) is 31.0 Å². The zero-order valence-electron chi connectivity index (χ0n) is 14.8. The number of fused-ring (bicyclic) bond motifs is 6. The zero-order valence-corrected chi connectivity index (χ0v) is 14.8. The van der Waals surface area contributed by atoms with E-state index < -0.39 is 0 Å². The summed E-state index contributed by atoms with van der Waals surface area (Å²) in [5.41, 5.74) is 6.37. The molecule has 3 heterocycles. The number of hydrogen-bond acceptors (Lipinski definition) is 2. The molecule has 0 unspecified atom stereocenters. The lowest BCUT2D eigenvalue weighted by atomic mass is 10.1. The molecule has 128 valence electrons. The highest BCUT2D eigenvalue weighted by molar-refractivity contribution is 6.10. The third-order valence-electron chi connectivity index (χ3n) is 5.32. The van der Waals surface area contributed by atoms with Gasteiger partial charge in [-0.05, 0) is 55.5 Å². The summed E-state index contributed by atoms with van der Waals surface area (Å²) in [5, 5.41) is 4.69. The summed E-state index contributed by atoms with van der Waals surface area (Å²) in [6.45, 7) is 2.14. The lowest BCUT2D eigenvalue weighted by Crippen LogP contribution is -1.93. The summed E-state index contributed by atoms with van der Waals surface area (Å²) in [6, 6.07) is 25.6. The Labute approximate surface area is 155 Å². The predicted molar refractivity (Wildman–Crippen MR) is 111 cm³/mol. The van der Waals surface area contributed by atoms with Crippen molar-refractivity contribution in [1.82, 2.24) is 9.55 Å². The van der Waals surface area contributed by atoms with Gasteiger partial charge in [0.15, 0.2) is 0 Å². The summed E-state index contributed by atoms with van der Waals surface area (Å²) in [4.78, 5) is 4.35. The van der Waals surface area contributed by atoms with E-state index in [1.807, 2.05) is 12.1 Å². The number of aryl methyl sites for hydroxylation is 1. The third-order valence-corrected chi connectivity index (χ3v) is 5.32. The van der Waals surface area contributed by atoms with Gasteiger partial charge in [0.2, 0.25) is 5.71 Å². The van der Waals surface area contributed by atoms with Crippen LogP contribution in [0.4, 0.5) is 0 Å². The number of pyridine rings is 1. The number of furan rings is 1. The Morgan fingerprint density at radius 1 is 0.741 bits per heavy atom. The first-order valence-electron chi connectivity index (χ1n) is 9.07. The number of hydrogen-bond donors (Lipinski definition) is 0.